The minimum absolute atomic E-state index is 0.0813. The molecule has 0 saturated carbocycles. The van der Waals surface area contributed by atoms with E-state index in [0.29, 0.717) is 0 Å². The zero-order valence-corrected chi connectivity index (χ0v) is 41.7. The number of aromatic nitrogens is 2. The molecule has 0 aliphatic rings. The Morgan fingerprint density at radius 2 is 0.696 bits per heavy atom. The summed E-state index contributed by atoms with van der Waals surface area (Å²) in [6, 6.07) is 63.6. The van der Waals surface area contributed by atoms with Crippen LogP contribution in [0, 0.1) is 0 Å². The highest BCUT2D eigenvalue weighted by Crippen LogP contribution is 2.51. The van der Waals surface area contributed by atoms with Crippen LogP contribution in [0.2, 0.25) is 0 Å². The van der Waals surface area contributed by atoms with Crippen molar-refractivity contribution in [3.63, 3.8) is 0 Å². The molecule has 5 aromatic heterocycles. The summed E-state index contributed by atoms with van der Waals surface area (Å²) < 4.78 is 7.85. The van der Waals surface area contributed by atoms with E-state index in [2.05, 4.69) is 235 Å². The van der Waals surface area contributed by atoms with E-state index >= 15 is 0 Å². The SMILES string of the molecule is CC(C)(C)c1ccc(-c2ccc3c(c2)c2cc(-c4ccc(C(C)(C)C)cc4)cc4c5cc6c(cc5n3c24)c2cc3sc4ccccc4c3c3c4cc(-c5ccc(C(C)(C)C)cc5)ccc4n6c23)cc1. The van der Waals surface area contributed by atoms with Crippen molar-refractivity contribution in [2.45, 2.75) is 78.6 Å². The number of hydrogen-bond acceptors (Lipinski definition) is 1. The van der Waals surface area contributed by atoms with Gasteiger partial charge in [0.1, 0.15) is 0 Å². The molecule has 9 aromatic carbocycles. The van der Waals surface area contributed by atoms with Crippen molar-refractivity contribution in [2.24, 2.45) is 0 Å². The molecule has 0 aliphatic heterocycles. The fourth-order valence-corrected chi connectivity index (χ4v) is 13.0. The molecule has 0 atom stereocenters. The van der Waals surface area contributed by atoms with Gasteiger partial charge in [-0.05, 0) is 127 Å². The smallest absolute Gasteiger partial charge is 0.0627 e. The Morgan fingerprint density at radius 1 is 0.290 bits per heavy atom. The number of nitrogens with zero attached hydrogens (tertiary/aromatic N) is 2. The molecule has 0 aliphatic carbocycles. The highest BCUT2D eigenvalue weighted by molar-refractivity contribution is 7.26. The molecule has 0 bridgehead atoms. The van der Waals surface area contributed by atoms with Crippen LogP contribution in [-0.4, -0.2) is 8.80 Å². The van der Waals surface area contributed by atoms with Gasteiger partial charge in [0.15, 0.2) is 0 Å². The highest BCUT2D eigenvalue weighted by Gasteiger charge is 2.27. The monoisotopic (exact) mass is 906 g/mol. The summed E-state index contributed by atoms with van der Waals surface area (Å²) in [5, 5.41) is 13.2. The van der Waals surface area contributed by atoms with Gasteiger partial charge in [-0.3, -0.25) is 0 Å². The minimum Gasteiger partial charge on any atom is -0.308 e. The molecule has 5 heterocycles. The molecule has 69 heavy (non-hydrogen) atoms. The van der Waals surface area contributed by atoms with E-state index in [1.807, 2.05) is 11.3 Å². The van der Waals surface area contributed by atoms with E-state index in [1.165, 1.54) is 146 Å². The normalized spacial score (nSPS) is 13.3. The Hall–Kier alpha value is -7.20. The van der Waals surface area contributed by atoms with Crippen molar-refractivity contribution < 1.29 is 0 Å². The van der Waals surface area contributed by atoms with Crippen molar-refractivity contribution in [1.82, 2.24) is 8.80 Å². The fraction of sp³-hybridized carbons (Fsp3) is 0.182. The van der Waals surface area contributed by atoms with Crippen LogP contribution < -0.4 is 0 Å². The van der Waals surface area contributed by atoms with Gasteiger partial charge in [0.25, 0.3) is 0 Å². The molecule has 0 spiro atoms. The van der Waals surface area contributed by atoms with Gasteiger partial charge in [-0.1, -0.05) is 165 Å². The Balaban J connectivity index is 1.07. The Labute approximate surface area is 406 Å². The molecule has 334 valence electrons. The molecule has 2 nitrogen and oxygen atoms in total. The molecule has 3 heteroatoms. The lowest BCUT2D eigenvalue weighted by Crippen LogP contribution is -2.10. The third kappa shape index (κ3) is 5.84. The van der Waals surface area contributed by atoms with Gasteiger partial charge in [0.05, 0.1) is 33.1 Å². The maximum Gasteiger partial charge on any atom is 0.0627 e. The number of hydrogen-bond donors (Lipinski definition) is 0. The van der Waals surface area contributed by atoms with Crippen LogP contribution in [0.15, 0.2) is 164 Å². The average Bonchev–Trinajstić information content (AvgIpc) is 4.13. The van der Waals surface area contributed by atoms with Gasteiger partial charge in [0, 0.05) is 63.3 Å². The predicted molar refractivity (Wildman–Crippen MR) is 301 cm³/mol. The Morgan fingerprint density at radius 3 is 1.22 bits per heavy atom. The fourth-order valence-electron chi connectivity index (χ4n) is 11.9. The van der Waals surface area contributed by atoms with Gasteiger partial charge < -0.3 is 8.80 Å². The zero-order valence-electron chi connectivity index (χ0n) is 40.9. The first kappa shape index (κ1) is 40.8. The molecule has 0 unspecified atom stereocenters. The molecule has 14 aromatic rings. The van der Waals surface area contributed by atoms with E-state index < -0.39 is 0 Å². The molecular formula is C66H54N2S. The summed E-state index contributed by atoms with van der Waals surface area (Å²) >= 11 is 1.92. The Bertz CT molecular complexity index is 4420. The lowest BCUT2D eigenvalue weighted by Gasteiger charge is -2.19. The topological polar surface area (TPSA) is 8.82 Å². The van der Waals surface area contributed by atoms with Crippen molar-refractivity contribution in [3.05, 3.63) is 180 Å². The molecule has 0 N–H and O–H groups in total. The van der Waals surface area contributed by atoms with E-state index in [-0.39, 0.29) is 16.2 Å². The van der Waals surface area contributed by atoms with Gasteiger partial charge in [0.2, 0.25) is 0 Å². The van der Waals surface area contributed by atoms with Crippen LogP contribution in [0.5, 0.6) is 0 Å². The van der Waals surface area contributed by atoms with Gasteiger partial charge in [-0.15, -0.1) is 11.3 Å². The number of fused-ring (bicyclic) bond motifs is 16. The first-order valence-electron chi connectivity index (χ1n) is 24.7. The van der Waals surface area contributed by atoms with Crippen LogP contribution in [-0.2, 0) is 16.2 Å². The van der Waals surface area contributed by atoms with Crippen molar-refractivity contribution in [3.8, 4) is 33.4 Å². The predicted octanol–water partition coefficient (Wildman–Crippen LogP) is 19.2. The largest absolute Gasteiger partial charge is 0.308 e. The summed E-state index contributed by atoms with van der Waals surface area (Å²) in [6.45, 7) is 20.6. The van der Waals surface area contributed by atoms with Crippen LogP contribution in [0.1, 0.15) is 79.0 Å². The quantitative estimate of drug-likeness (QED) is 0.167. The van der Waals surface area contributed by atoms with E-state index in [4.69, 9.17) is 0 Å². The second-order valence-electron chi connectivity index (χ2n) is 23.0. The molecule has 0 saturated heterocycles. The van der Waals surface area contributed by atoms with Crippen LogP contribution >= 0.6 is 11.3 Å². The zero-order chi connectivity index (χ0) is 47.0. The molecular weight excluding hydrogens is 853 g/mol. The number of benzene rings is 9. The molecule has 0 amide bonds. The summed E-state index contributed by atoms with van der Waals surface area (Å²) in [4.78, 5) is 0. The van der Waals surface area contributed by atoms with E-state index in [9.17, 15) is 0 Å². The third-order valence-electron chi connectivity index (χ3n) is 15.7. The first-order chi connectivity index (χ1) is 33.1. The summed E-state index contributed by atoms with van der Waals surface area (Å²) in [6.07, 6.45) is 0. The van der Waals surface area contributed by atoms with Crippen molar-refractivity contribution in [1.29, 1.82) is 0 Å². The lowest BCUT2D eigenvalue weighted by molar-refractivity contribution is 0.590. The number of thiophene rings is 1. The standard InChI is InChI=1S/C66H54N2S/c1-64(2,3)43-22-14-37(15-23-43)40-20-28-54-47(30-40)50-32-42(39-18-26-45(27-19-39)66(7,8)9)33-51-48-34-57-49(35-56(48)67(54)62(50)51)52-36-59-60(46-12-10-11-13-58(46)69-59)61-53-31-41(21-29-55(53)68(57)63(52)61)38-16-24-44(25-17-38)65(4,5)6/h10-36H,1-9H3. The third-order valence-corrected chi connectivity index (χ3v) is 16.8. The van der Waals surface area contributed by atoms with Crippen molar-refractivity contribution >= 4 is 108 Å². The van der Waals surface area contributed by atoms with Gasteiger partial charge in [-0.25, -0.2) is 0 Å². The average molecular weight is 907 g/mol. The Kier molecular flexibility index (Phi) is 8.13. The first-order valence-corrected chi connectivity index (χ1v) is 25.5. The number of rotatable bonds is 3. The maximum atomic E-state index is 2.60. The molecule has 0 fully saturated rings. The van der Waals surface area contributed by atoms with Gasteiger partial charge >= 0.3 is 0 Å². The maximum absolute atomic E-state index is 2.60. The second-order valence-corrected chi connectivity index (χ2v) is 24.1. The lowest BCUT2D eigenvalue weighted by atomic mass is 9.86. The minimum atomic E-state index is 0.0813. The van der Waals surface area contributed by atoms with Crippen LogP contribution in [0.25, 0.3) is 130 Å². The summed E-state index contributed by atoms with van der Waals surface area (Å²) in [5.41, 5.74) is 19.5. The van der Waals surface area contributed by atoms with Crippen LogP contribution in [0.3, 0.4) is 0 Å². The molecule has 0 radical (unpaired) electrons. The van der Waals surface area contributed by atoms with Gasteiger partial charge in [-0.2, -0.15) is 0 Å². The van der Waals surface area contributed by atoms with E-state index in [1.54, 1.807) is 0 Å². The second kappa shape index (κ2) is 13.7. The van der Waals surface area contributed by atoms with Crippen LogP contribution in [0.4, 0.5) is 0 Å². The summed E-state index contributed by atoms with van der Waals surface area (Å²) in [7, 11) is 0. The van der Waals surface area contributed by atoms with Crippen molar-refractivity contribution in [2.75, 3.05) is 0 Å². The summed E-state index contributed by atoms with van der Waals surface area (Å²) in [5.74, 6) is 0. The molecule has 14 rings (SSSR count). The highest BCUT2D eigenvalue weighted by atomic mass is 32.1. The van der Waals surface area contributed by atoms with E-state index in [0.717, 1.165) is 0 Å².